The van der Waals surface area contributed by atoms with E-state index in [1.807, 2.05) is 18.2 Å². The van der Waals surface area contributed by atoms with Crippen LogP contribution in [0.4, 0.5) is 5.82 Å². The molecule has 1 atom stereocenters. The Labute approximate surface area is 157 Å². The molecule has 1 unspecified atom stereocenters. The first kappa shape index (κ1) is 17.2. The summed E-state index contributed by atoms with van der Waals surface area (Å²) in [7, 11) is 0. The highest BCUT2D eigenvalue weighted by molar-refractivity contribution is 6.10. The third kappa shape index (κ3) is 2.95. The highest BCUT2D eigenvalue weighted by Gasteiger charge is 2.38. The molecule has 1 fully saturated rings. The molecule has 2 aliphatic heterocycles. The molecule has 1 saturated heterocycles. The summed E-state index contributed by atoms with van der Waals surface area (Å²) < 4.78 is 0. The van der Waals surface area contributed by atoms with Crippen LogP contribution in [0.1, 0.15) is 22.8 Å². The Kier molecular flexibility index (Phi) is 4.35. The summed E-state index contributed by atoms with van der Waals surface area (Å²) in [5.74, 6) is 0.599. The van der Waals surface area contributed by atoms with Gasteiger partial charge in [-0.2, -0.15) is 0 Å². The van der Waals surface area contributed by atoms with Crippen LogP contribution in [0.3, 0.4) is 0 Å². The van der Waals surface area contributed by atoms with Gasteiger partial charge in [0.15, 0.2) is 0 Å². The van der Waals surface area contributed by atoms with E-state index in [-0.39, 0.29) is 11.8 Å². The van der Waals surface area contributed by atoms with Gasteiger partial charge < -0.3 is 9.80 Å². The number of anilines is 1. The van der Waals surface area contributed by atoms with Crippen molar-refractivity contribution in [3.05, 3.63) is 60.6 Å². The van der Waals surface area contributed by atoms with E-state index in [1.165, 1.54) is 4.90 Å². The summed E-state index contributed by atoms with van der Waals surface area (Å²) in [6.45, 7) is 8.35. The molecule has 138 valence electrons. The lowest BCUT2D eigenvalue weighted by atomic mass is 10.1. The smallest absolute Gasteiger partial charge is 0.259 e. The molecule has 0 aliphatic carbocycles. The maximum Gasteiger partial charge on any atom is 0.259 e. The van der Waals surface area contributed by atoms with Crippen LogP contribution in [0, 0.1) is 0 Å². The van der Waals surface area contributed by atoms with Gasteiger partial charge >= 0.3 is 0 Å². The molecule has 27 heavy (non-hydrogen) atoms. The molecule has 0 bridgehead atoms. The number of hydrogen-bond acceptors (Lipinski definition) is 5. The minimum atomic E-state index is -0.583. The number of carbonyl (C=O) groups is 2. The molecule has 4 rings (SSSR count). The zero-order chi connectivity index (χ0) is 19.0. The predicted molar refractivity (Wildman–Crippen MR) is 102 cm³/mol. The lowest BCUT2D eigenvalue weighted by Gasteiger charge is -2.37. The topological polar surface area (TPSA) is 69.6 Å². The number of carbonyl (C=O) groups excluding carboxylic acids is 2. The second kappa shape index (κ2) is 6.83. The van der Waals surface area contributed by atoms with E-state index >= 15 is 0 Å². The molecule has 7 heteroatoms. The van der Waals surface area contributed by atoms with Crippen LogP contribution in [0.2, 0.25) is 0 Å². The molecular weight excluding hydrogens is 342 g/mol. The molecule has 2 aromatic rings. The summed E-state index contributed by atoms with van der Waals surface area (Å²) in [6, 6.07) is 6.76. The monoisotopic (exact) mass is 363 g/mol. The second-order valence-corrected chi connectivity index (χ2v) is 6.72. The average Bonchev–Trinajstić information content (AvgIpc) is 2.98. The molecule has 2 amide bonds. The van der Waals surface area contributed by atoms with Gasteiger partial charge in [-0.3, -0.25) is 19.5 Å². The van der Waals surface area contributed by atoms with Gasteiger partial charge in [0.2, 0.25) is 5.91 Å². The van der Waals surface area contributed by atoms with Gasteiger partial charge in [-0.15, -0.1) is 0 Å². The van der Waals surface area contributed by atoms with Gasteiger partial charge in [0.1, 0.15) is 11.9 Å². The molecular formula is C20H21N5O2. The molecule has 0 radical (unpaired) electrons. The SMILES string of the molecule is C=C1c2ccccc2C(=O)N1C(C)C(=O)N1CCN(c2cnccn2)CC1. The van der Waals surface area contributed by atoms with Gasteiger partial charge in [0.05, 0.1) is 6.20 Å². The average molecular weight is 363 g/mol. The van der Waals surface area contributed by atoms with Crippen LogP contribution in [0.15, 0.2) is 49.4 Å². The van der Waals surface area contributed by atoms with Crippen molar-refractivity contribution in [3.8, 4) is 0 Å². The van der Waals surface area contributed by atoms with Crippen molar-refractivity contribution in [3.63, 3.8) is 0 Å². The molecule has 1 aromatic heterocycles. The Morgan fingerprint density at radius 1 is 1.11 bits per heavy atom. The zero-order valence-electron chi connectivity index (χ0n) is 15.2. The van der Waals surface area contributed by atoms with E-state index in [1.54, 1.807) is 36.5 Å². The molecule has 0 spiro atoms. The second-order valence-electron chi connectivity index (χ2n) is 6.72. The number of fused-ring (bicyclic) bond motifs is 1. The van der Waals surface area contributed by atoms with Crippen molar-refractivity contribution in [1.82, 2.24) is 19.8 Å². The lowest BCUT2D eigenvalue weighted by Crippen LogP contribution is -2.54. The summed E-state index contributed by atoms with van der Waals surface area (Å²) in [6.07, 6.45) is 5.03. The number of rotatable bonds is 3. The number of amides is 2. The first-order valence-corrected chi connectivity index (χ1v) is 8.99. The largest absolute Gasteiger partial charge is 0.352 e. The van der Waals surface area contributed by atoms with E-state index < -0.39 is 6.04 Å². The highest BCUT2D eigenvalue weighted by Crippen LogP contribution is 2.33. The first-order chi connectivity index (χ1) is 13.1. The molecule has 0 saturated carbocycles. The van der Waals surface area contributed by atoms with Crippen molar-refractivity contribution >= 4 is 23.3 Å². The zero-order valence-corrected chi connectivity index (χ0v) is 15.2. The van der Waals surface area contributed by atoms with Crippen LogP contribution in [0.5, 0.6) is 0 Å². The lowest BCUT2D eigenvalue weighted by molar-refractivity contribution is -0.134. The van der Waals surface area contributed by atoms with E-state index in [4.69, 9.17) is 0 Å². The van der Waals surface area contributed by atoms with Crippen LogP contribution in [-0.4, -0.2) is 63.8 Å². The van der Waals surface area contributed by atoms with Crippen LogP contribution >= 0.6 is 0 Å². The Morgan fingerprint density at radius 3 is 2.44 bits per heavy atom. The normalized spacial score (nSPS) is 17.9. The van der Waals surface area contributed by atoms with E-state index in [9.17, 15) is 9.59 Å². The molecule has 7 nitrogen and oxygen atoms in total. The van der Waals surface area contributed by atoms with Crippen molar-refractivity contribution in [2.75, 3.05) is 31.1 Å². The number of nitrogens with zero attached hydrogens (tertiary/aromatic N) is 5. The van der Waals surface area contributed by atoms with E-state index in [2.05, 4.69) is 21.4 Å². The fourth-order valence-electron chi connectivity index (χ4n) is 3.70. The number of aromatic nitrogens is 2. The fraction of sp³-hybridized carbons (Fsp3) is 0.300. The number of benzene rings is 1. The minimum absolute atomic E-state index is 0.0592. The van der Waals surface area contributed by atoms with Crippen LogP contribution in [0.25, 0.3) is 5.70 Å². The fourth-order valence-corrected chi connectivity index (χ4v) is 3.70. The van der Waals surface area contributed by atoms with Crippen molar-refractivity contribution < 1.29 is 9.59 Å². The van der Waals surface area contributed by atoms with E-state index in [0.29, 0.717) is 37.4 Å². The number of piperazine rings is 1. The molecule has 2 aliphatic rings. The summed E-state index contributed by atoms with van der Waals surface area (Å²) in [5, 5.41) is 0. The number of hydrogen-bond donors (Lipinski definition) is 0. The Morgan fingerprint density at radius 2 is 1.81 bits per heavy atom. The third-order valence-electron chi connectivity index (χ3n) is 5.19. The Bertz CT molecular complexity index is 855. The highest BCUT2D eigenvalue weighted by atomic mass is 16.2. The standard InChI is InChI=1S/C20H21N5O2/c1-14-16-5-3-4-6-17(16)20(27)25(14)15(2)19(26)24-11-9-23(10-12-24)18-13-21-7-8-22-18/h3-8,13,15H,1,9-12H2,2H3. The van der Waals surface area contributed by atoms with Gasteiger partial charge in [-0.1, -0.05) is 24.8 Å². The van der Waals surface area contributed by atoms with Gasteiger partial charge in [0, 0.05) is 55.4 Å². The quantitative estimate of drug-likeness (QED) is 0.829. The predicted octanol–water partition coefficient (Wildman–Crippen LogP) is 1.64. The minimum Gasteiger partial charge on any atom is -0.352 e. The van der Waals surface area contributed by atoms with Crippen LogP contribution < -0.4 is 4.90 Å². The Hall–Kier alpha value is -3.22. The van der Waals surface area contributed by atoms with Crippen molar-refractivity contribution in [2.45, 2.75) is 13.0 Å². The maximum absolute atomic E-state index is 13.0. The summed E-state index contributed by atoms with van der Waals surface area (Å²) in [4.78, 5) is 39.6. The molecule has 3 heterocycles. The van der Waals surface area contributed by atoms with Crippen molar-refractivity contribution in [1.29, 1.82) is 0 Å². The summed E-state index contributed by atoms with van der Waals surface area (Å²) in [5.41, 5.74) is 2.00. The first-order valence-electron chi connectivity index (χ1n) is 8.99. The van der Waals surface area contributed by atoms with E-state index in [0.717, 1.165) is 11.4 Å². The van der Waals surface area contributed by atoms with Gasteiger partial charge in [0.25, 0.3) is 5.91 Å². The third-order valence-corrected chi connectivity index (χ3v) is 5.19. The maximum atomic E-state index is 13.0. The molecule has 0 N–H and O–H groups in total. The van der Waals surface area contributed by atoms with Gasteiger partial charge in [-0.05, 0) is 13.0 Å². The van der Waals surface area contributed by atoms with Crippen molar-refractivity contribution in [2.24, 2.45) is 0 Å². The van der Waals surface area contributed by atoms with Crippen LogP contribution in [-0.2, 0) is 4.79 Å². The van der Waals surface area contributed by atoms with Gasteiger partial charge in [-0.25, -0.2) is 4.98 Å². The summed E-state index contributed by atoms with van der Waals surface area (Å²) >= 11 is 0. The Balaban J connectivity index is 1.44. The molecule has 1 aromatic carbocycles.